The van der Waals surface area contributed by atoms with Crippen LogP contribution < -0.4 is 0 Å². The molecule has 0 aliphatic heterocycles. The molecule has 0 saturated heterocycles. The molecule has 5 aromatic carbocycles. The Labute approximate surface area is 376 Å². The van der Waals surface area contributed by atoms with Crippen molar-refractivity contribution in [1.82, 2.24) is 0 Å². The average molecular weight is 891 g/mol. The highest BCUT2D eigenvalue weighted by Crippen LogP contribution is 2.24. The molecule has 1 atom stereocenters. The van der Waals surface area contributed by atoms with Gasteiger partial charge < -0.3 is 14.2 Å². The van der Waals surface area contributed by atoms with Crippen molar-refractivity contribution in [1.29, 1.82) is 0 Å². The fourth-order valence-electron chi connectivity index (χ4n) is 4.39. The van der Waals surface area contributed by atoms with Crippen molar-refractivity contribution >= 4 is 34.3 Å². The van der Waals surface area contributed by atoms with E-state index in [-0.39, 0.29) is 23.6 Å². The molecule has 0 N–H and O–H groups in total. The Balaban J connectivity index is 0. The van der Waals surface area contributed by atoms with Gasteiger partial charge in [0.1, 0.15) is 19.3 Å². The van der Waals surface area contributed by atoms with Gasteiger partial charge in [-0.25, -0.2) is 36.3 Å². The lowest BCUT2D eigenvalue weighted by Crippen LogP contribution is -2.11. The van der Waals surface area contributed by atoms with Crippen molar-refractivity contribution < 1.29 is 50.5 Å². The van der Waals surface area contributed by atoms with Crippen LogP contribution in [-0.2, 0) is 41.8 Å². The third-order valence-corrected chi connectivity index (χ3v) is 7.70. The Morgan fingerprint density at radius 3 is 1.33 bits per heavy atom. The van der Waals surface area contributed by atoms with E-state index in [1.165, 1.54) is 23.3 Å². The number of carbonyl (C=O) groups is 3. The molecule has 64 heavy (non-hydrogen) atoms. The third-order valence-electron chi connectivity index (χ3n) is 7.70. The van der Waals surface area contributed by atoms with Crippen LogP contribution in [0.25, 0.3) is 16.3 Å². The molecule has 0 spiro atoms. The van der Waals surface area contributed by atoms with Crippen molar-refractivity contribution in [3.05, 3.63) is 198 Å². The monoisotopic (exact) mass is 890 g/mol. The minimum Gasteiger partial charge on any atom is -0.457 e. The van der Waals surface area contributed by atoms with Crippen molar-refractivity contribution in [3.63, 3.8) is 0 Å². The van der Waals surface area contributed by atoms with E-state index in [0.29, 0.717) is 17.8 Å². The highest BCUT2D eigenvalue weighted by Gasteiger charge is 2.26. The van der Waals surface area contributed by atoms with Crippen LogP contribution in [0.2, 0.25) is 0 Å². The number of ether oxygens (including phenoxy) is 3. The molecule has 5 rings (SSSR count). The number of carbonyl (C=O) groups excluding carboxylic acids is 3. The lowest BCUT2D eigenvalue weighted by Gasteiger charge is -2.13. The van der Waals surface area contributed by atoms with E-state index in [4.69, 9.17) is 9.47 Å². The SMILES string of the molecule is C=C(C)C(=O)OC(C)c1ccccc1.C=C(C)C(=O)OCc1c(F)c(F)c(F)c(F)c1F.C=C(C)C(=O)OCc1ccccc1.C=C(C)c1ccc2ccccc2c1.CC.CC.CC. The van der Waals surface area contributed by atoms with E-state index in [0.717, 1.165) is 16.7 Å². The first kappa shape index (κ1) is 59.5. The van der Waals surface area contributed by atoms with Crippen molar-refractivity contribution in [2.45, 2.75) is 95.5 Å². The summed E-state index contributed by atoms with van der Waals surface area (Å²) in [6, 6.07) is 34.0. The van der Waals surface area contributed by atoms with Gasteiger partial charge in [-0.3, -0.25) is 0 Å². The van der Waals surface area contributed by atoms with E-state index in [1.807, 2.05) is 116 Å². The van der Waals surface area contributed by atoms with Crippen molar-refractivity contribution in [3.8, 4) is 0 Å². The molecular formula is C53H63F5O6. The highest BCUT2D eigenvalue weighted by molar-refractivity contribution is 5.88. The van der Waals surface area contributed by atoms with E-state index in [1.54, 1.807) is 13.8 Å². The second-order valence-corrected chi connectivity index (χ2v) is 12.8. The summed E-state index contributed by atoms with van der Waals surface area (Å²) in [5, 5.41) is 2.57. The van der Waals surface area contributed by atoms with Crippen LogP contribution in [0, 0.1) is 29.1 Å². The van der Waals surface area contributed by atoms with Crippen LogP contribution in [0.3, 0.4) is 0 Å². The van der Waals surface area contributed by atoms with Gasteiger partial charge in [0, 0.05) is 16.7 Å². The van der Waals surface area contributed by atoms with E-state index in [2.05, 4.69) is 73.5 Å². The molecule has 346 valence electrons. The van der Waals surface area contributed by atoms with E-state index < -0.39 is 47.2 Å². The number of hydrogen-bond donors (Lipinski definition) is 0. The number of esters is 3. The maximum Gasteiger partial charge on any atom is 0.333 e. The third kappa shape index (κ3) is 21.4. The normalized spacial score (nSPS) is 9.75. The fraction of sp³-hybridized carbons (Fsp3) is 0.264. The van der Waals surface area contributed by atoms with Crippen molar-refractivity contribution in [2.24, 2.45) is 0 Å². The minimum atomic E-state index is -2.26. The van der Waals surface area contributed by atoms with Gasteiger partial charge in [-0.15, -0.1) is 0 Å². The van der Waals surface area contributed by atoms with Crippen LogP contribution >= 0.6 is 0 Å². The first-order chi connectivity index (χ1) is 30.3. The van der Waals surface area contributed by atoms with Gasteiger partial charge in [0.25, 0.3) is 0 Å². The molecule has 0 radical (unpaired) electrons. The van der Waals surface area contributed by atoms with E-state index >= 15 is 0 Å². The molecule has 1 unspecified atom stereocenters. The first-order valence-electron chi connectivity index (χ1n) is 20.6. The quantitative estimate of drug-likeness (QED) is 0.0347. The van der Waals surface area contributed by atoms with Crippen LogP contribution in [0.5, 0.6) is 0 Å². The number of allylic oxidation sites excluding steroid dienone is 1. The molecule has 0 amide bonds. The zero-order chi connectivity index (χ0) is 49.5. The Kier molecular flexibility index (Phi) is 30.7. The molecule has 6 nitrogen and oxygen atoms in total. The lowest BCUT2D eigenvalue weighted by atomic mass is 10.0. The predicted molar refractivity (Wildman–Crippen MR) is 250 cm³/mol. The molecule has 0 aromatic heterocycles. The maximum absolute atomic E-state index is 13.1. The molecule has 0 fully saturated rings. The summed E-state index contributed by atoms with van der Waals surface area (Å²) < 4.78 is 78.9. The zero-order valence-corrected chi connectivity index (χ0v) is 39.0. The smallest absolute Gasteiger partial charge is 0.333 e. The maximum atomic E-state index is 13.1. The standard InChI is InChI=1S/C13H12.C12H14O2.C11H7F5O2.C11H12O2.3C2H6/c1-10(2)12-8-7-11-5-3-4-6-13(11)9-12;1-9(2)12(13)14-10(3)11-7-5-4-6-8-11;1-4(2)11(17)18-3-5-6(12)8(14)10(16)9(15)7(5)13;1-9(2)11(12)13-8-10-6-4-3-5-7-10;3*1-2/h3-9H,1H2,2H3;4-8,10H,1H2,2-3H3;1,3H2,2H3;3-7H,1,8H2,2H3;3*1-2H3. The topological polar surface area (TPSA) is 78.9 Å². The number of benzene rings is 5. The summed E-state index contributed by atoms with van der Waals surface area (Å²) in [7, 11) is 0. The molecule has 11 heteroatoms. The van der Waals surface area contributed by atoms with Crippen molar-refractivity contribution in [2.75, 3.05) is 0 Å². The van der Waals surface area contributed by atoms with Crippen LogP contribution in [0.1, 0.15) is 105 Å². The predicted octanol–water partition coefficient (Wildman–Crippen LogP) is 15.1. The summed E-state index contributed by atoms with van der Waals surface area (Å²) in [6.45, 7) is 33.8. The molecule has 5 aromatic rings. The van der Waals surface area contributed by atoms with E-state index in [9.17, 15) is 36.3 Å². The summed E-state index contributed by atoms with van der Waals surface area (Å²) in [4.78, 5) is 33.1. The van der Waals surface area contributed by atoms with Gasteiger partial charge in [-0.2, -0.15) is 0 Å². The highest BCUT2D eigenvalue weighted by atomic mass is 19.2. The largest absolute Gasteiger partial charge is 0.457 e. The Bertz CT molecular complexity index is 2220. The summed E-state index contributed by atoms with van der Waals surface area (Å²) in [6.07, 6.45) is -0.222. The van der Waals surface area contributed by atoms with Crippen LogP contribution in [0.15, 0.2) is 146 Å². The molecule has 0 aliphatic rings. The lowest BCUT2D eigenvalue weighted by molar-refractivity contribution is -0.144. The first-order valence-corrected chi connectivity index (χ1v) is 20.6. The van der Waals surface area contributed by atoms with Gasteiger partial charge in [0.2, 0.25) is 5.82 Å². The van der Waals surface area contributed by atoms with Gasteiger partial charge >= 0.3 is 17.9 Å². The molecular weight excluding hydrogens is 828 g/mol. The molecule has 0 bridgehead atoms. The summed E-state index contributed by atoms with van der Waals surface area (Å²) in [5.41, 5.74) is 3.88. The molecule has 0 saturated carbocycles. The second-order valence-electron chi connectivity index (χ2n) is 12.8. The summed E-state index contributed by atoms with van der Waals surface area (Å²) >= 11 is 0. The summed E-state index contributed by atoms with van der Waals surface area (Å²) in [5.74, 6) is -12.2. The Morgan fingerprint density at radius 2 is 0.891 bits per heavy atom. The zero-order valence-electron chi connectivity index (χ0n) is 39.0. The fourth-order valence-corrected chi connectivity index (χ4v) is 4.39. The number of rotatable bonds is 10. The second kappa shape index (κ2) is 33.0. The van der Waals surface area contributed by atoms with Gasteiger partial charge in [0.05, 0.1) is 5.56 Å². The van der Waals surface area contributed by atoms with Gasteiger partial charge in [-0.05, 0) is 68.1 Å². The minimum absolute atomic E-state index is 0.0705. The average Bonchev–Trinajstić information content (AvgIpc) is 3.32. The van der Waals surface area contributed by atoms with Gasteiger partial charge in [0.15, 0.2) is 23.3 Å². The Morgan fingerprint density at radius 1 is 0.500 bits per heavy atom. The molecule has 0 heterocycles. The number of hydrogen-bond acceptors (Lipinski definition) is 6. The Hall–Kier alpha value is -6.62. The molecule has 0 aliphatic carbocycles. The van der Waals surface area contributed by atoms with Crippen LogP contribution in [0.4, 0.5) is 22.0 Å². The number of fused-ring (bicyclic) bond motifs is 1. The van der Waals surface area contributed by atoms with Crippen LogP contribution in [-0.4, -0.2) is 17.9 Å². The van der Waals surface area contributed by atoms with Gasteiger partial charge in [-0.1, -0.05) is 170 Å². The number of halogens is 5.